The minimum Gasteiger partial charge on any atom is -0.455 e. The second-order valence-corrected chi connectivity index (χ2v) is 5.76. The molecule has 1 amide bonds. The van der Waals surface area contributed by atoms with E-state index in [-0.39, 0.29) is 11.8 Å². The fraction of sp³-hybridized carbons (Fsp3) is 0.235. The van der Waals surface area contributed by atoms with Crippen LogP contribution in [0.15, 0.2) is 42.5 Å². The quantitative estimate of drug-likeness (QED) is 0.881. The lowest BCUT2D eigenvalue weighted by Crippen LogP contribution is -2.13. The predicted molar refractivity (Wildman–Crippen MR) is 84.1 cm³/mol. The first-order chi connectivity index (χ1) is 10.1. The van der Waals surface area contributed by atoms with Crippen molar-refractivity contribution in [2.24, 2.45) is 5.92 Å². The van der Waals surface area contributed by atoms with Gasteiger partial charge < -0.3 is 10.1 Å². The zero-order chi connectivity index (χ0) is 14.8. The van der Waals surface area contributed by atoms with Gasteiger partial charge in [0.15, 0.2) is 5.75 Å². The standard InChI is InChI=1S/C17H16ClNO2/c1-11-2-7-14(8-3-11)21-16-9-6-13(18)10-15(16)19-17(20)12-4-5-12/h2-3,6-10,12H,4-5H2,1H3,(H,19,20). The number of hydrogen-bond acceptors (Lipinski definition) is 2. The third-order valence-electron chi connectivity index (χ3n) is 3.40. The molecule has 0 saturated heterocycles. The van der Waals surface area contributed by atoms with Gasteiger partial charge in [0.2, 0.25) is 5.91 Å². The summed E-state index contributed by atoms with van der Waals surface area (Å²) in [4.78, 5) is 11.9. The molecular weight excluding hydrogens is 286 g/mol. The van der Waals surface area contributed by atoms with E-state index in [0.29, 0.717) is 16.5 Å². The van der Waals surface area contributed by atoms with Gasteiger partial charge in [-0.05, 0) is 50.1 Å². The Labute approximate surface area is 128 Å². The number of aryl methyl sites for hydroxylation is 1. The third kappa shape index (κ3) is 3.56. The Morgan fingerprint density at radius 1 is 1.19 bits per heavy atom. The van der Waals surface area contributed by atoms with Gasteiger partial charge in [-0.3, -0.25) is 4.79 Å². The molecule has 0 aromatic heterocycles. The first-order valence-corrected chi connectivity index (χ1v) is 7.34. The molecule has 0 heterocycles. The summed E-state index contributed by atoms with van der Waals surface area (Å²) < 4.78 is 5.85. The molecule has 3 nitrogen and oxygen atoms in total. The molecule has 1 N–H and O–H groups in total. The topological polar surface area (TPSA) is 38.3 Å². The van der Waals surface area contributed by atoms with E-state index < -0.39 is 0 Å². The molecule has 0 spiro atoms. The molecule has 0 bridgehead atoms. The van der Waals surface area contributed by atoms with Gasteiger partial charge in [0.05, 0.1) is 5.69 Å². The Hall–Kier alpha value is -2.00. The Morgan fingerprint density at radius 3 is 2.57 bits per heavy atom. The van der Waals surface area contributed by atoms with Gasteiger partial charge in [-0.25, -0.2) is 0 Å². The summed E-state index contributed by atoms with van der Waals surface area (Å²) in [6.45, 7) is 2.02. The molecule has 1 aliphatic rings. The SMILES string of the molecule is Cc1ccc(Oc2ccc(Cl)cc2NC(=O)C2CC2)cc1. The van der Waals surface area contributed by atoms with Gasteiger partial charge in [-0.1, -0.05) is 29.3 Å². The average molecular weight is 302 g/mol. The smallest absolute Gasteiger partial charge is 0.227 e. The monoisotopic (exact) mass is 301 g/mol. The minimum atomic E-state index is 0.0334. The normalized spacial score (nSPS) is 13.8. The molecule has 1 saturated carbocycles. The number of carbonyl (C=O) groups excluding carboxylic acids is 1. The Kier molecular flexibility index (Phi) is 3.84. The van der Waals surface area contributed by atoms with Gasteiger partial charge >= 0.3 is 0 Å². The Balaban J connectivity index is 1.82. The molecule has 0 radical (unpaired) electrons. The van der Waals surface area contributed by atoms with Crippen LogP contribution in [0.3, 0.4) is 0 Å². The zero-order valence-corrected chi connectivity index (χ0v) is 12.5. The number of ether oxygens (including phenoxy) is 1. The highest BCUT2D eigenvalue weighted by Gasteiger charge is 2.30. The van der Waals surface area contributed by atoms with Crippen LogP contribution in [0.5, 0.6) is 11.5 Å². The number of halogens is 1. The maximum atomic E-state index is 11.9. The van der Waals surface area contributed by atoms with Crippen molar-refractivity contribution in [2.75, 3.05) is 5.32 Å². The van der Waals surface area contributed by atoms with Crippen LogP contribution in [0.1, 0.15) is 18.4 Å². The highest BCUT2D eigenvalue weighted by molar-refractivity contribution is 6.31. The second kappa shape index (κ2) is 5.78. The van der Waals surface area contributed by atoms with Crippen molar-refractivity contribution in [2.45, 2.75) is 19.8 Å². The van der Waals surface area contributed by atoms with E-state index in [1.54, 1.807) is 18.2 Å². The molecule has 108 valence electrons. The summed E-state index contributed by atoms with van der Waals surface area (Å²) in [6, 6.07) is 13.0. The first-order valence-electron chi connectivity index (χ1n) is 6.97. The van der Waals surface area contributed by atoms with E-state index in [1.165, 1.54) is 5.56 Å². The summed E-state index contributed by atoms with van der Waals surface area (Å²) in [6.07, 6.45) is 1.92. The van der Waals surface area contributed by atoms with Gasteiger partial charge in [0.25, 0.3) is 0 Å². The number of carbonyl (C=O) groups is 1. The molecule has 3 rings (SSSR count). The Bertz CT molecular complexity index is 663. The maximum absolute atomic E-state index is 11.9. The number of nitrogens with one attached hydrogen (secondary N) is 1. The van der Waals surface area contributed by atoms with Crippen molar-refractivity contribution in [1.82, 2.24) is 0 Å². The fourth-order valence-corrected chi connectivity index (χ4v) is 2.17. The average Bonchev–Trinajstić information content (AvgIpc) is 3.28. The van der Waals surface area contributed by atoms with Gasteiger partial charge in [-0.15, -0.1) is 0 Å². The molecule has 2 aromatic rings. The van der Waals surface area contributed by atoms with Crippen molar-refractivity contribution in [3.8, 4) is 11.5 Å². The van der Waals surface area contributed by atoms with Crippen LogP contribution in [-0.2, 0) is 4.79 Å². The van der Waals surface area contributed by atoms with E-state index in [9.17, 15) is 4.79 Å². The summed E-state index contributed by atoms with van der Waals surface area (Å²) in [5.41, 5.74) is 1.78. The van der Waals surface area contributed by atoms with Crippen LogP contribution < -0.4 is 10.1 Å². The molecule has 21 heavy (non-hydrogen) atoms. The second-order valence-electron chi connectivity index (χ2n) is 5.32. The summed E-state index contributed by atoms with van der Waals surface area (Å²) >= 11 is 6.01. The van der Waals surface area contributed by atoms with Crippen LogP contribution in [-0.4, -0.2) is 5.91 Å². The van der Waals surface area contributed by atoms with Crippen LogP contribution in [0.4, 0.5) is 5.69 Å². The van der Waals surface area contributed by atoms with Crippen LogP contribution in [0.25, 0.3) is 0 Å². The molecule has 2 aromatic carbocycles. The molecular formula is C17H16ClNO2. The summed E-state index contributed by atoms with van der Waals surface area (Å²) in [7, 11) is 0. The van der Waals surface area contributed by atoms with Crippen molar-refractivity contribution in [3.05, 3.63) is 53.1 Å². The molecule has 0 aliphatic heterocycles. The fourth-order valence-electron chi connectivity index (χ4n) is 2.00. The molecule has 0 unspecified atom stereocenters. The Morgan fingerprint density at radius 2 is 1.90 bits per heavy atom. The highest BCUT2D eigenvalue weighted by atomic mass is 35.5. The maximum Gasteiger partial charge on any atom is 0.227 e. The molecule has 0 atom stereocenters. The van der Waals surface area contributed by atoms with Crippen LogP contribution in [0, 0.1) is 12.8 Å². The zero-order valence-electron chi connectivity index (χ0n) is 11.7. The predicted octanol–water partition coefficient (Wildman–Crippen LogP) is 4.79. The lowest BCUT2D eigenvalue weighted by atomic mass is 10.2. The van der Waals surface area contributed by atoms with Crippen molar-refractivity contribution < 1.29 is 9.53 Å². The van der Waals surface area contributed by atoms with E-state index in [1.807, 2.05) is 31.2 Å². The molecule has 1 aliphatic carbocycles. The van der Waals surface area contributed by atoms with E-state index in [2.05, 4.69) is 5.32 Å². The summed E-state index contributed by atoms with van der Waals surface area (Å²) in [5, 5.41) is 3.46. The highest BCUT2D eigenvalue weighted by Crippen LogP contribution is 2.35. The molecule has 4 heteroatoms. The van der Waals surface area contributed by atoms with Gasteiger partial charge in [-0.2, -0.15) is 0 Å². The first kappa shape index (κ1) is 14.0. The number of amides is 1. The number of benzene rings is 2. The lowest BCUT2D eigenvalue weighted by molar-refractivity contribution is -0.117. The van der Waals surface area contributed by atoms with Crippen molar-refractivity contribution >= 4 is 23.2 Å². The lowest BCUT2D eigenvalue weighted by Gasteiger charge is -2.13. The number of hydrogen-bond donors (Lipinski definition) is 1. The minimum absolute atomic E-state index is 0.0334. The van der Waals surface area contributed by atoms with Gasteiger partial charge in [0, 0.05) is 10.9 Å². The van der Waals surface area contributed by atoms with E-state index in [4.69, 9.17) is 16.3 Å². The van der Waals surface area contributed by atoms with E-state index >= 15 is 0 Å². The largest absolute Gasteiger partial charge is 0.455 e. The van der Waals surface area contributed by atoms with E-state index in [0.717, 1.165) is 18.6 Å². The summed E-state index contributed by atoms with van der Waals surface area (Å²) in [5.74, 6) is 1.49. The van der Waals surface area contributed by atoms with Gasteiger partial charge in [0.1, 0.15) is 5.75 Å². The number of rotatable bonds is 4. The number of anilines is 1. The van der Waals surface area contributed by atoms with Crippen LogP contribution in [0.2, 0.25) is 5.02 Å². The molecule has 1 fully saturated rings. The third-order valence-corrected chi connectivity index (χ3v) is 3.63. The van der Waals surface area contributed by atoms with Crippen molar-refractivity contribution in [1.29, 1.82) is 0 Å². The van der Waals surface area contributed by atoms with Crippen molar-refractivity contribution in [3.63, 3.8) is 0 Å². The van der Waals surface area contributed by atoms with Crippen LogP contribution >= 0.6 is 11.6 Å².